The molecule has 0 aromatic rings. The fraction of sp³-hybridized carbons (Fsp3) is 0.882. The molecular formula is C17H31N3O4S. The summed E-state index contributed by atoms with van der Waals surface area (Å²) in [7, 11) is -0.792. The average molecular weight is 374 g/mol. The number of amides is 2. The second-order valence-electron chi connectivity index (χ2n) is 7.05. The van der Waals surface area contributed by atoms with Gasteiger partial charge in [0.05, 0.1) is 6.54 Å². The first-order valence-corrected chi connectivity index (χ1v) is 10.7. The van der Waals surface area contributed by atoms with Gasteiger partial charge in [0.1, 0.15) is 0 Å². The van der Waals surface area contributed by atoms with Gasteiger partial charge in [0.2, 0.25) is 0 Å². The molecule has 0 radical (unpaired) electrons. The van der Waals surface area contributed by atoms with Crippen LogP contribution in [-0.4, -0.2) is 68.4 Å². The summed E-state index contributed by atoms with van der Waals surface area (Å²) in [4.78, 5) is 25.0. The molecule has 0 aromatic heterocycles. The highest BCUT2D eigenvalue weighted by Gasteiger charge is 2.35. The number of carbonyl (C=O) groups is 2. The summed E-state index contributed by atoms with van der Waals surface area (Å²) < 4.78 is 12.0. The number of aliphatic carboxylic acids is 1. The standard InChI is InChI=1S/C17H31N3O4S/c1-3-20(11-16(21)22)14-8-13(9-14)19-17(23)18-12-6-5-7-15(10-12)25(24)4-2/h12-15H,3-11H2,1-2H3,(H,21,22)(H2,18,19,23). The predicted octanol–water partition coefficient (Wildman–Crippen LogP) is 1.30. The molecule has 3 atom stereocenters. The molecule has 8 heteroatoms. The topological polar surface area (TPSA) is 98.7 Å². The molecule has 2 rings (SSSR count). The lowest BCUT2D eigenvalue weighted by molar-refractivity contribution is -0.139. The highest BCUT2D eigenvalue weighted by molar-refractivity contribution is 7.85. The molecule has 2 aliphatic rings. The minimum Gasteiger partial charge on any atom is -0.480 e. The van der Waals surface area contributed by atoms with Crippen LogP contribution in [0.4, 0.5) is 4.79 Å². The normalized spacial score (nSPS) is 30.4. The van der Waals surface area contributed by atoms with Gasteiger partial charge < -0.3 is 15.7 Å². The van der Waals surface area contributed by atoms with Gasteiger partial charge in [-0.05, 0) is 38.6 Å². The molecular weight excluding hydrogens is 342 g/mol. The Morgan fingerprint density at radius 3 is 2.40 bits per heavy atom. The number of hydrogen-bond donors (Lipinski definition) is 3. The largest absolute Gasteiger partial charge is 0.480 e. The van der Waals surface area contributed by atoms with Crippen LogP contribution in [-0.2, 0) is 15.6 Å². The number of nitrogens with zero attached hydrogens (tertiary/aromatic N) is 1. The molecule has 25 heavy (non-hydrogen) atoms. The van der Waals surface area contributed by atoms with E-state index in [0.29, 0.717) is 12.3 Å². The quantitative estimate of drug-likeness (QED) is 0.596. The van der Waals surface area contributed by atoms with Gasteiger partial charge in [-0.2, -0.15) is 0 Å². The van der Waals surface area contributed by atoms with Gasteiger partial charge in [-0.15, -0.1) is 0 Å². The van der Waals surface area contributed by atoms with E-state index in [9.17, 15) is 13.8 Å². The monoisotopic (exact) mass is 373 g/mol. The van der Waals surface area contributed by atoms with E-state index in [1.807, 2.05) is 18.7 Å². The molecule has 0 heterocycles. The molecule has 0 aromatic carbocycles. The Morgan fingerprint density at radius 1 is 1.12 bits per heavy atom. The summed E-state index contributed by atoms with van der Waals surface area (Å²) in [5, 5.41) is 15.1. The zero-order valence-electron chi connectivity index (χ0n) is 15.2. The number of rotatable bonds is 8. The fourth-order valence-corrected chi connectivity index (χ4v) is 5.19. The Hall–Kier alpha value is -1.15. The number of hydrogen-bond acceptors (Lipinski definition) is 4. The van der Waals surface area contributed by atoms with Crippen LogP contribution in [0.25, 0.3) is 0 Å². The van der Waals surface area contributed by atoms with Crippen LogP contribution < -0.4 is 10.6 Å². The van der Waals surface area contributed by atoms with Crippen molar-refractivity contribution in [3.8, 4) is 0 Å². The van der Waals surface area contributed by atoms with E-state index in [4.69, 9.17) is 5.11 Å². The minimum absolute atomic E-state index is 0.0537. The number of carboxylic acid groups (broad SMARTS) is 1. The molecule has 144 valence electrons. The van der Waals surface area contributed by atoms with Gasteiger partial charge in [0.15, 0.2) is 0 Å². The van der Waals surface area contributed by atoms with Crippen LogP contribution in [0.1, 0.15) is 52.4 Å². The van der Waals surface area contributed by atoms with Gasteiger partial charge in [0.25, 0.3) is 0 Å². The Bertz CT molecular complexity index is 496. The van der Waals surface area contributed by atoms with Crippen LogP contribution in [0.2, 0.25) is 0 Å². The summed E-state index contributed by atoms with van der Waals surface area (Å²) in [6.07, 6.45) is 5.32. The lowest BCUT2D eigenvalue weighted by atomic mass is 9.85. The van der Waals surface area contributed by atoms with Gasteiger partial charge in [-0.1, -0.05) is 20.3 Å². The van der Waals surface area contributed by atoms with Crippen molar-refractivity contribution in [2.24, 2.45) is 0 Å². The Labute approximate surface area is 152 Å². The van der Waals surface area contributed by atoms with Crippen molar-refractivity contribution in [3.05, 3.63) is 0 Å². The van der Waals surface area contributed by atoms with Crippen molar-refractivity contribution < 1.29 is 18.9 Å². The lowest BCUT2D eigenvalue weighted by Gasteiger charge is -2.42. The van der Waals surface area contributed by atoms with E-state index < -0.39 is 16.8 Å². The highest BCUT2D eigenvalue weighted by atomic mass is 32.2. The van der Waals surface area contributed by atoms with Crippen molar-refractivity contribution in [1.29, 1.82) is 0 Å². The van der Waals surface area contributed by atoms with Crippen LogP contribution in [0, 0.1) is 0 Å². The summed E-state index contributed by atoms with van der Waals surface area (Å²) in [5.41, 5.74) is 0. The second kappa shape index (κ2) is 9.52. The molecule has 0 aliphatic heterocycles. The van der Waals surface area contributed by atoms with Gasteiger partial charge in [-0.3, -0.25) is 13.9 Å². The maximum Gasteiger partial charge on any atom is 0.317 e. The maximum atomic E-state index is 12.2. The Morgan fingerprint density at radius 2 is 1.80 bits per heavy atom. The van der Waals surface area contributed by atoms with Gasteiger partial charge in [-0.25, -0.2) is 4.79 Å². The molecule has 2 aliphatic carbocycles. The smallest absolute Gasteiger partial charge is 0.317 e. The van der Waals surface area contributed by atoms with Crippen molar-refractivity contribution in [1.82, 2.24) is 15.5 Å². The average Bonchev–Trinajstić information content (AvgIpc) is 2.55. The molecule has 7 nitrogen and oxygen atoms in total. The van der Waals surface area contributed by atoms with E-state index in [1.165, 1.54) is 0 Å². The molecule has 0 saturated heterocycles. The fourth-order valence-electron chi connectivity index (χ4n) is 3.84. The zero-order chi connectivity index (χ0) is 18.4. The van der Waals surface area contributed by atoms with Crippen LogP contribution in [0.15, 0.2) is 0 Å². The molecule has 3 unspecified atom stereocenters. The first-order chi connectivity index (χ1) is 11.9. The summed E-state index contributed by atoms with van der Waals surface area (Å²) in [6, 6.07) is 0.288. The third-order valence-electron chi connectivity index (χ3n) is 5.33. The first-order valence-electron chi connectivity index (χ1n) is 9.32. The first kappa shape index (κ1) is 20.2. The summed E-state index contributed by atoms with van der Waals surface area (Å²) >= 11 is 0. The third-order valence-corrected chi connectivity index (χ3v) is 7.07. The van der Waals surface area contributed by atoms with Crippen molar-refractivity contribution >= 4 is 22.8 Å². The Kier molecular flexibility index (Phi) is 7.68. The lowest BCUT2D eigenvalue weighted by Crippen LogP contribution is -2.57. The molecule has 2 amide bonds. The summed E-state index contributed by atoms with van der Waals surface area (Å²) in [6.45, 7) is 4.65. The Balaban J connectivity index is 1.69. The van der Waals surface area contributed by atoms with Crippen molar-refractivity contribution in [2.45, 2.75) is 75.7 Å². The van der Waals surface area contributed by atoms with E-state index >= 15 is 0 Å². The third kappa shape index (κ3) is 5.95. The molecule has 2 saturated carbocycles. The van der Waals surface area contributed by atoms with E-state index in [1.54, 1.807) is 0 Å². The van der Waals surface area contributed by atoms with E-state index in [-0.39, 0.29) is 36.0 Å². The summed E-state index contributed by atoms with van der Waals surface area (Å²) in [5.74, 6) is -0.135. The van der Waals surface area contributed by atoms with Crippen molar-refractivity contribution in [3.63, 3.8) is 0 Å². The number of likely N-dealkylation sites (N-methyl/N-ethyl adjacent to an activating group) is 1. The van der Waals surface area contributed by atoms with Crippen LogP contribution in [0.3, 0.4) is 0 Å². The van der Waals surface area contributed by atoms with Crippen molar-refractivity contribution in [2.75, 3.05) is 18.8 Å². The molecule has 3 N–H and O–H groups in total. The maximum absolute atomic E-state index is 12.2. The molecule has 2 fully saturated rings. The van der Waals surface area contributed by atoms with Crippen LogP contribution in [0.5, 0.6) is 0 Å². The minimum atomic E-state index is -0.813. The number of carboxylic acids is 1. The highest BCUT2D eigenvalue weighted by Crippen LogP contribution is 2.26. The van der Waals surface area contributed by atoms with Gasteiger partial charge >= 0.3 is 12.0 Å². The number of carbonyl (C=O) groups excluding carboxylic acids is 1. The van der Waals surface area contributed by atoms with Crippen LogP contribution >= 0.6 is 0 Å². The van der Waals surface area contributed by atoms with E-state index in [2.05, 4.69) is 10.6 Å². The number of urea groups is 1. The molecule has 0 spiro atoms. The predicted molar refractivity (Wildman–Crippen MR) is 98.1 cm³/mol. The second-order valence-corrected chi connectivity index (χ2v) is 9.06. The van der Waals surface area contributed by atoms with E-state index in [0.717, 1.165) is 38.5 Å². The van der Waals surface area contributed by atoms with Gasteiger partial charge in [0, 0.05) is 39.9 Å². The number of nitrogens with one attached hydrogen (secondary N) is 2. The SMILES string of the molecule is CCN(CC(=O)O)C1CC(NC(=O)NC2CCCC(S(=O)CC)C2)C1. The molecule has 0 bridgehead atoms. The zero-order valence-corrected chi connectivity index (χ0v) is 16.0.